The van der Waals surface area contributed by atoms with E-state index in [2.05, 4.69) is 5.32 Å². The maximum absolute atomic E-state index is 13.0. The summed E-state index contributed by atoms with van der Waals surface area (Å²) in [4.78, 5) is 48.2. The minimum atomic E-state index is -1.29. The van der Waals surface area contributed by atoms with Gasteiger partial charge in [-0.1, -0.05) is 36.4 Å². The molecule has 0 saturated heterocycles. The zero-order valence-corrected chi connectivity index (χ0v) is 18.8. The molecule has 0 fully saturated rings. The van der Waals surface area contributed by atoms with Crippen molar-refractivity contribution in [3.8, 4) is 0 Å². The number of nitrogens with zero attached hydrogens (tertiary/aromatic N) is 1. The molecule has 8 heteroatoms. The van der Waals surface area contributed by atoms with Crippen molar-refractivity contribution in [2.24, 2.45) is 0 Å². The topological polar surface area (TPSA) is 116 Å². The average molecular weight is 460 g/mol. The first-order valence-corrected chi connectivity index (χ1v) is 10.6. The van der Waals surface area contributed by atoms with Gasteiger partial charge in [-0.3, -0.25) is 24.5 Å². The third kappa shape index (κ3) is 6.35. The van der Waals surface area contributed by atoms with Gasteiger partial charge in [-0.25, -0.2) is 0 Å². The third-order valence-corrected chi connectivity index (χ3v) is 5.30. The smallest absolute Gasteiger partial charge is 0.307 e. The van der Waals surface area contributed by atoms with E-state index in [0.717, 1.165) is 11.1 Å². The number of nitrogens with one attached hydrogen (secondary N) is 1. The Bertz CT molecular complexity index is 1210. The van der Waals surface area contributed by atoms with Crippen LogP contribution in [0.15, 0.2) is 72.8 Å². The van der Waals surface area contributed by atoms with Gasteiger partial charge in [0, 0.05) is 35.4 Å². The average Bonchev–Trinajstić information content (AvgIpc) is 2.84. The number of ether oxygens (including phenoxy) is 1. The van der Waals surface area contributed by atoms with Crippen LogP contribution in [0.2, 0.25) is 0 Å². The fourth-order valence-corrected chi connectivity index (χ4v) is 3.25. The number of carbonyl (C=O) groups is 3. The number of hydrogen-bond donors (Lipinski definition) is 1. The molecule has 0 heterocycles. The maximum atomic E-state index is 13.0. The Kier molecular flexibility index (Phi) is 7.87. The molecule has 8 nitrogen and oxygen atoms in total. The van der Waals surface area contributed by atoms with Crippen LogP contribution in [0.1, 0.15) is 46.0 Å². The number of rotatable bonds is 9. The van der Waals surface area contributed by atoms with Gasteiger partial charge in [0.25, 0.3) is 5.69 Å². The van der Waals surface area contributed by atoms with Gasteiger partial charge in [0.1, 0.15) is 0 Å². The number of amides is 1. The second-order valence-electron chi connectivity index (χ2n) is 7.80. The number of Topliss-reactive ketones (excluding diaryl/α,β-unsaturated/α-hetero) is 1. The molecule has 3 aromatic carbocycles. The molecule has 174 valence electrons. The molecule has 3 rings (SSSR count). The van der Waals surface area contributed by atoms with Crippen LogP contribution in [0.25, 0.3) is 0 Å². The predicted octanol–water partition coefficient (Wildman–Crippen LogP) is 5.10. The lowest BCUT2D eigenvalue weighted by Crippen LogP contribution is -2.21. The van der Waals surface area contributed by atoms with Gasteiger partial charge in [-0.2, -0.15) is 0 Å². The number of nitro benzene ring substituents is 1. The van der Waals surface area contributed by atoms with Gasteiger partial charge in [-0.05, 0) is 49.2 Å². The summed E-state index contributed by atoms with van der Waals surface area (Å²) >= 11 is 0. The van der Waals surface area contributed by atoms with Crippen molar-refractivity contribution in [1.82, 2.24) is 0 Å². The number of anilines is 1. The highest BCUT2D eigenvalue weighted by molar-refractivity contribution is 6.01. The van der Waals surface area contributed by atoms with E-state index >= 15 is 0 Å². The van der Waals surface area contributed by atoms with E-state index < -0.39 is 22.8 Å². The molecule has 1 amide bonds. The van der Waals surface area contributed by atoms with E-state index in [0.29, 0.717) is 16.8 Å². The first kappa shape index (κ1) is 24.3. The quantitative estimate of drug-likeness (QED) is 0.206. The van der Waals surface area contributed by atoms with Gasteiger partial charge in [0.2, 0.25) is 11.7 Å². The Morgan fingerprint density at radius 3 is 2.21 bits per heavy atom. The number of nitro groups is 1. The summed E-state index contributed by atoms with van der Waals surface area (Å²) in [5, 5.41) is 13.7. The van der Waals surface area contributed by atoms with E-state index in [1.54, 1.807) is 36.4 Å². The molecule has 1 atom stereocenters. The Morgan fingerprint density at radius 2 is 1.59 bits per heavy atom. The van der Waals surface area contributed by atoms with Gasteiger partial charge >= 0.3 is 5.97 Å². The third-order valence-electron chi connectivity index (χ3n) is 5.30. The Hall–Kier alpha value is -4.33. The first-order chi connectivity index (χ1) is 16.2. The highest BCUT2D eigenvalue weighted by atomic mass is 16.6. The summed E-state index contributed by atoms with van der Waals surface area (Å²) in [5.74, 6) is -1.56. The normalized spacial score (nSPS) is 11.4. The van der Waals surface area contributed by atoms with Crippen LogP contribution in [0.3, 0.4) is 0 Å². The fourth-order valence-electron chi connectivity index (χ4n) is 3.25. The number of hydrogen-bond acceptors (Lipinski definition) is 6. The van der Waals surface area contributed by atoms with Gasteiger partial charge < -0.3 is 10.1 Å². The molecule has 0 aliphatic carbocycles. The molecule has 0 aliphatic heterocycles. The van der Waals surface area contributed by atoms with E-state index in [-0.39, 0.29) is 24.4 Å². The molecule has 0 saturated carbocycles. The molecule has 0 bridgehead atoms. The second kappa shape index (κ2) is 11.0. The number of benzene rings is 3. The Morgan fingerprint density at radius 1 is 0.912 bits per heavy atom. The summed E-state index contributed by atoms with van der Waals surface area (Å²) < 4.78 is 5.45. The van der Waals surface area contributed by atoms with Crippen LogP contribution in [0.4, 0.5) is 11.4 Å². The molecule has 0 spiro atoms. The zero-order chi connectivity index (χ0) is 24.7. The summed E-state index contributed by atoms with van der Waals surface area (Å²) in [6.45, 7) is 3.90. The van der Waals surface area contributed by atoms with Crippen LogP contribution < -0.4 is 5.32 Å². The minimum absolute atomic E-state index is 0.127. The minimum Gasteiger partial charge on any atom is -0.449 e. The zero-order valence-electron chi connectivity index (χ0n) is 18.8. The Balaban J connectivity index is 1.69. The maximum Gasteiger partial charge on any atom is 0.307 e. The van der Waals surface area contributed by atoms with Crippen molar-refractivity contribution in [2.75, 3.05) is 5.32 Å². The van der Waals surface area contributed by atoms with Crippen molar-refractivity contribution in [1.29, 1.82) is 0 Å². The van der Waals surface area contributed by atoms with Gasteiger partial charge in [-0.15, -0.1) is 0 Å². The lowest BCUT2D eigenvalue weighted by atomic mass is 9.99. The molecule has 0 aromatic heterocycles. The largest absolute Gasteiger partial charge is 0.449 e. The van der Waals surface area contributed by atoms with E-state index in [1.807, 2.05) is 26.0 Å². The molecule has 34 heavy (non-hydrogen) atoms. The van der Waals surface area contributed by atoms with E-state index in [9.17, 15) is 24.5 Å². The molecule has 3 aromatic rings. The summed E-state index contributed by atoms with van der Waals surface area (Å²) in [6, 6.07) is 19.0. The van der Waals surface area contributed by atoms with Gasteiger partial charge in [0.05, 0.1) is 11.3 Å². The van der Waals surface area contributed by atoms with Crippen molar-refractivity contribution >= 4 is 29.0 Å². The predicted molar refractivity (Wildman–Crippen MR) is 126 cm³/mol. The van der Waals surface area contributed by atoms with E-state index in [4.69, 9.17) is 4.74 Å². The number of non-ortho nitro benzene ring substituents is 1. The van der Waals surface area contributed by atoms with Crippen LogP contribution in [-0.4, -0.2) is 22.6 Å². The summed E-state index contributed by atoms with van der Waals surface area (Å²) in [7, 11) is 0. The summed E-state index contributed by atoms with van der Waals surface area (Å²) in [5.41, 5.74) is 3.23. The van der Waals surface area contributed by atoms with Crippen molar-refractivity contribution in [3.05, 3.63) is 105 Å². The SMILES string of the molecule is Cc1ccc(NC(=O)CCC(=O)O[C@H](C(=O)c2ccccc2)c2ccc([N+](=O)[O-])cc2)cc1C. The summed E-state index contributed by atoms with van der Waals surface area (Å²) in [6.07, 6.45) is -1.65. The van der Waals surface area contributed by atoms with Gasteiger partial charge in [0.15, 0.2) is 6.10 Å². The van der Waals surface area contributed by atoms with Crippen LogP contribution in [0, 0.1) is 24.0 Å². The second-order valence-corrected chi connectivity index (χ2v) is 7.80. The highest BCUT2D eigenvalue weighted by Gasteiger charge is 2.27. The first-order valence-electron chi connectivity index (χ1n) is 10.6. The highest BCUT2D eigenvalue weighted by Crippen LogP contribution is 2.25. The Labute approximate surface area is 196 Å². The number of esters is 1. The lowest BCUT2D eigenvalue weighted by Gasteiger charge is -2.17. The van der Waals surface area contributed by atoms with Crippen LogP contribution in [-0.2, 0) is 14.3 Å². The molecule has 1 N–H and O–H groups in total. The molecule has 0 unspecified atom stereocenters. The van der Waals surface area contributed by atoms with E-state index in [1.165, 1.54) is 24.3 Å². The molecular formula is C26H24N2O6. The number of aryl methyl sites for hydroxylation is 2. The monoisotopic (exact) mass is 460 g/mol. The standard InChI is InChI=1S/C26H24N2O6/c1-17-8-11-21(16-18(17)2)27-23(29)14-15-24(30)34-26(25(31)19-6-4-3-5-7-19)20-9-12-22(13-10-20)28(32)33/h3-13,16,26H,14-15H2,1-2H3,(H,27,29)/t26-/m0/s1. The molecule has 0 radical (unpaired) electrons. The van der Waals surface area contributed by atoms with Crippen molar-refractivity contribution in [2.45, 2.75) is 32.8 Å². The van der Waals surface area contributed by atoms with Crippen molar-refractivity contribution < 1.29 is 24.0 Å². The fraction of sp³-hybridized carbons (Fsp3) is 0.192. The van der Waals surface area contributed by atoms with Crippen LogP contribution >= 0.6 is 0 Å². The lowest BCUT2D eigenvalue weighted by molar-refractivity contribution is -0.384. The molecule has 0 aliphatic rings. The van der Waals surface area contributed by atoms with Crippen molar-refractivity contribution in [3.63, 3.8) is 0 Å². The molecular weight excluding hydrogens is 436 g/mol. The number of carbonyl (C=O) groups excluding carboxylic acids is 3. The van der Waals surface area contributed by atoms with Crippen LogP contribution in [0.5, 0.6) is 0 Å². The number of ketones is 1.